The molecule has 0 bridgehead atoms. The highest BCUT2D eigenvalue weighted by Crippen LogP contribution is 2.50. The highest BCUT2D eigenvalue weighted by Gasteiger charge is 2.53. The fourth-order valence-corrected chi connectivity index (χ4v) is 1.94. The van der Waals surface area contributed by atoms with E-state index in [9.17, 15) is 0 Å². The van der Waals surface area contributed by atoms with Gasteiger partial charge in [0, 0.05) is 5.54 Å². The third kappa shape index (κ3) is 0.969. The Labute approximate surface area is 74.0 Å². The molecule has 0 spiro atoms. The van der Waals surface area contributed by atoms with Crippen LogP contribution in [-0.4, -0.2) is 17.5 Å². The number of benzene rings is 1. The van der Waals surface area contributed by atoms with Crippen molar-refractivity contribution < 1.29 is 0 Å². The Kier molecular flexibility index (Phi) is 1.52. The average Bonchev–Trinajstić information content (AvgIpc) is 2.53. The Morgan fingerprint density at radius 1 is 1.17 bits per heavy atom. The lowest BCUT2D eigenvalue weighted by Gasteiger charge is -1.98. The molecule has 1 aliphatic heterocycles. The van der Waals surface area contributed by atoms with E-state index in [0.29, 0.717) is 11.6 Å². The van der Waals surface area contributed by atoms with E-state index in [1.165, 1.54) is 5.56 Å². The average molecular weight is 161 g/mol. The SMILES string of the molecule is CN1C(c2ccccc2)C1(C)C. The molecule has 1 saturated heterocycles. The predicted octanol–water partition coefficient (Wildman–Crippen LogP) is 2.45. The van der Waals surface area contributed by atoms with Crippen molar-refractivity contribution in [1.82, 2.24) is 4.90 Å². The van der Waals surface area contributed by atoms with Crippen molar-refractivity contribution in [2.75, 3.05) is 7.05 Å². The molecule has 2 rings (SSSR count). The van der Waals surface area contributed by atoms with Gasteiger partial charge in [-0.05, 0) is 26.5 Å². The smallest absolute Gasteiger partial charge is 0.0529 e. The van der Waals surface area contributed by atoms with Gasteiger partial charge in [-0.3, -0.25) is 4.90 Å². The van der Waals surface area contributed by atoms with Crippen LogP contribution in [0.5, 0.6) is 0 Å². The summed E-state index contributed by atoms with van der Waals surface area (Å²) >= 11 is 0. The van der Waals surface area contributed by atoms with Crippen LogP contribution in [0.1, 0.15) is 25.5 Å². The van der Waals surface area contributed by atoms with Crippen LogP contribution < -0.4 is 0 Å². The van der Waals surface area contributed by atoms with E-state index in [4.69, 9.17) is 0 Å². The zero-order chi connectivity index (χ0) is 8.77. The van der Waals surface area contributed by atoms with Gasteiger partial charge in [-0.1, -0.05) is 30.3 Å². The Hall–Kier alpha value is -0.820. The topological polar surface area (TPSA) is 3.01 Å². The molecule has 2 unspecified atom stereocenters. The lowest BCUT2D eigenvalue weighted by Crippen LogP contribution is -2.02. The molecule has 1 heteroatoms. The quantitative estimate of drug-likeness (QED) is 0.572. The minimum atomic E-state index is 0.362. The third-order valence-electron chi connectivity index (χ3n) is 3.01. The van der Waals surface area contributed by atoms with Crippen molar-refractivity contribution >= 4 is 0 Å². The molecule has 1 aromatic carbocycles. The summed E-state index contributed by atoms with van der Waals surface area (Å²) in [4.78, 5) is 2.39. The van der Waals surface area contributed by atoms with Crippen molar-refractivity contribution in [3.63, 3.8) is 0 Å². The molecule has 0 amide bonds. The van der Waals surface area contributed by atoms with Gasteiger partial charge in [0.15, 0.2) is 0 Å². The highest BCUT2D eigenvalue weighted by molar-refractivity contribution is 5.29. The monoisotopic (exact) mass is 161 g/mol. The van der Waals surface area contributed by atoms with E-state index in [0.717, 1.165) is 0 Å². The van der Waals surface area contributed by atoms with Crippen molar-refractivity contribution in [2.24, 2.45) is 0 Å². The van der Waals surface area contributed by atoms with Crippen LogP contribution in [-0.2, 0) is 0 Å². The molecule has 0 N–H and O–H groups in total. The minimum absolute atomic E-state index is 0.362. The van der Waals surface area contributed by atoms with Crippen LogP contribution in [0.4, 0.5) is 0 Å². The van der Waals surface area contributed by atoms with Gasteiger partial charge in [0.1, 0.15) is 0 Å². The first-order chi connectivity index (χ1) is 5.64. The molecule has 1 nitrogen and oxygen atoms in total. The molecule has 1 heterocycles. The van der Waals surface area contributed by atoms with Crippen molar-refractivity contribution in [3.8, 4) is 0 Å². The molecule has 0 aliphatic carbocycles. The van der Waals surface area contributed by atoms with Gasteiger partial charge in [0.25, 0.3) is 0 Å². The summed E-state index contributed by atoms with van der Waals surface area (Å²) in [6, 6.07) is 11.3. The third-order valence-corrected chi connectivity index (χ3v) is 3.01. The summed E-state index contributed by atoms with van der Waals surface area (Å²) in [7, 11) is 2.18. The van der Waals surface area contributed by atoms with Crippen LogP contribution in [0.25, 0.3) is 0 Å². The van der Waals surface area contributed by atoms with E-state index < -0.39 is 0 Å². The summed E-state index contributed by atoms with van der Waals surface area (Å²) in [5, 5.41) is 0. The maximum Gasteiger partial charge on any atom is 0.0529 e. The zero-order valence-corrected chi connectivity index (χ0v) is 7.91. The van der Waals surface area contributed by atoms with Crippen molar-refractivity contribution in [3.05, 3.63) is 35.9 Å². The lowest BCUT2D eigenvalue weighted by molar-refractivity contribution is 0.523. The maximum absolute atomic E-state index is 2.39. The summed E-state index contributed by atoms with van der Waals surface area (Å²) in [6.07, 6.45) is 0. The first-order valence-electron chi connectivity index (χ1n) is 4.42. The summed E-state index contributed by atoms with van der Waals surface area (Å²) in [5.41, 5.74) is 1.80. The van der Waals surface area contributed by atoms with Gasteiger partial charge in [-0.25, -0.2) is 0 Å². The molecule has 0 radical (unpaired) electrons. The lowest BCUT2D eigenvalue weighted by atomic mass is 10.0. The van der Waals surface area contributed by atoms with Crippen LogP contribution >= 0.6 is 0 Å². The van der Waals surface area contributed by atoms with E-state index in [1.54, 1.807) is 0 Å². The standard InChI is InChI=1S/C11H15N/c1-11(2)10(12(11)3)9-7-5-4-6-8-9/h4-8,10H,1-3H3. The second kappa shape index (κ2) is 2.33. The fourth-order valence-electron chi connectivity index (χ4n) is 1.94. The Morgan fingerprint density at radius 2 is 1.67 bits per heavy atom. The van der Waals surface area contributed by atoms with E-state index in [-0.39, 0.29) is 0 Å². The molecular weight excluding hydrogens is 146 g/mol. The van der Waals surface area contributed by atoms with Gasteiger partial charge < -0.3 is 0 Å². The van der Waals surface area contributed by atoms with Crippen LogP contribution in [0, 0.1) is 0 Å². The van der Waals surface area contributed by atoms with Gasteiger partial charge in [-0.2, -0.15) is 0 Å². The van der Waals surface area contributed by atoms with Gasteiger partial charge in [0.05, 0.1) is 6.04 Å². The minimum Gasteiger partial charge on any atom is -0.290 e. The second-order valence-electron chi connectivity index (χ2n) is 4.08. The summed E-state index contributed by atoms with van der Waals surface area (Å²) in [5.74, 6) is 0. The van der Waals surface area contributed by atoms with Gasteiger partial charge in [-0.15, -0.1) is 0 Å². The number of likely N-dealkylation sites (N-methyl/N-ethyl adjacent to an activating group) is 1. The Bertz CT molecular complexity index is 276. The molecule has 64 valence electrons. The predicted molar refractivity (Wildman–Crippen MR) is 51.0 cm³/mol. The summed E-state index contributed by atoms with van der Waals surface area (Å²) < 4.78 is 0. The van der Waals surface area contributed by atoms with Crippen molar-refractivity contribution in [1.29, 1.82) is 0 Å². The van der Waals surface area contributed by atoms with E-state index in [1.807, 2.05) is 0 Å². The second-order valence-corrected chi connectivity index (χ2v) is 4.08. The molecule has 1 fully saturated rings. The Morgan fingerprint density at radius 3 is 2.08 bits per heavy atom. The molecule has 12 heavy (non-hydrogen) atoms. The highest BCUT2D eigenvalue weighted by atomic mass is 15.4. The largest absolute Gasteiger partial charge is 0.290 e. The Balaban J connectivity index is 2.25. The number of hydrogen-bond acceptors (Lipinski definition) is 1. The van der Waals surface area contributed by atoms with Crippen LogP contribution in [0.15, 0.2) is 30.3 Å². The summed E-state index contributed by atoms with van der Waals surface area (Å²) in [6.45, 7) is 4.56. The van der Waals surface area contributed by atoms with E-state index >= 15 is 0 Å². The maximum atomic E-state index is 2.39. The normalized spacial score (nSPS) is 31.6. The first-order valence-corrected chi connectivity index (χ1v) is 4.42. The molecular formula is C11H15N. The number of hydrogen-bond donors (Lipinski definition) is 0. The fraction of sp³-hybridized carbons (Fsp3) is 0.455. The molecule has 0 aromatic heterocycles. The van der Waals surface area contributed by atoms with Crippen molar-refractivity contribution in [2.45, 2.75) is 25.4 Å². The molecule has 1 aliphatic rings. The first kappa shape index (κ1) is 7.81. The molecule has 1 aromatic rings. The van der Waals surface area contributed by atoms with Gasteiger partial charge in [0.2, 0.25) is 0 Å². The number of rotatable bonds is 1. The van der Waals surface area contributed by atoms with Crippen LogP contribution in [0.3, 0.4) is 0 Å². The van der Waals surface area contributed by atoms with Crippen LogP contribution in [0.2, 0.25) is 0 Å². The van der Waals surface area contributed by atoms with E-state index in [2.05, 4.69) is 56.1 Å². The molecule has 2 atom stereocenters. The van der Waals surface area contributed by atoms with Gasteiger partial charge >= 0.3 is 0 Å². The number of nitrogens with zero attached hydrogens (tertiary/aromatic N) is 1. The zero-order valence-electron chi connectivity index (χ0n) is 7.91. The molecule has 0 saturated carbocycles.